The second kappa shape index (κ2) is 6.99. The van der Waals surface area contributed by atoms with Gasteiger partial charge in [0.2, 0.25) is 0 Å². The highest BCUT2D eigenvalue weighted by molar-refractivity contribution is 6.01. The molecule has 0 spiro atoms. The molecule has 0 saturated heterocycles. The summed E-state index contributed by atoms with van der Waals surface area (Å²) in [7, 11) is 3.18. The highest BCUT2D eigenvalue weighted by atomic mass is 16.5. The van der Waals surface area contributed by atoms with Gasteiger partial charge in [-0.1, -0.05) is 6.07 Å². The number of aromatic amines is 1. The lowest BCUT2D eigenvalue weighted by atomic mass is 10.2. The molecule has 0 aliphatic heterocycles. The fraction of sp³-hybridized carbons (Fsp3) is 0.211. The zero-order valence-corrected chi connectivity index (χ0v) is 15.0. The summed E-state index contributed by atoms with van der Waals surface area (Å²) >= 11 is 0. The molecule has 138 valence electrons. The average Bonchev–Trinajstić information content (AvgIpc) is 3.32. The van der Waals surface area contributed by atoms with Crippen molar-refractivity contribution < 1.29 is 14.3 Å². The number of rotatable bonds is 6. The quantitative estimate of drug-likeness (QED) is 0.546. The van der Waals surface area contributed by atoms with Gasteiger partial charge in [-0.2, -0.15) is 0 Å². The van der Waals surface area contributed by atoms with E-state index in [4.69, 9.17) is 9.47 Å². The molecule has 0 saturated carbocycles. The third-order valence-electron chi connectivity index (χ3n) is 4.42. The van der Waals surface area contributed by atoms with E-state index in [2.05, 4.69) is 20.5 Å². The Hall–Kier alpha value is -3.55. The third-order valence-corrected chi connectivity index (χ3v) is 4.42. The monoisotopic (exact) mass is 365 g/mol. The van der Waals surface area contributed by atoms with E-state index < -0.39 is 0 Å². The number of hydrogen-bond donors (Lipinski definition) is 2. The van der Waals surface area contributed by atoms with Gasteiger partial charge in [0.1, 0.15) is 23.0 Å². The van der Waals surface area contributed by atoms with Crippen LogP contribution in [-0.4, -0.2) is 46.3 Å². The van der Waals surface area contributed by atoms with Crippen LogP contribution >= 0.6 is 0 Å². The molecule has 0 fully saturated rings. The highest BCUT2D eigenvalue weighted by Gasteiger charge is 2.15. The Balaban J connectivity index is 1.50. The van der Waals surface area contributed by atoms with E-state index in [9.17, 15) is 4.79 Å². The number of nitrogens with one attached hydrogen (secondary N) is 2. The molecule has 0 atom stereocenters. The predicted molar refractivity (Wildman–Crippen MR) is 100 cm³/mol. The van der Waals surface area contributed by atoms with E-state index >= 15 is 0 Å². The third kappa shape index (κ3) is 3.05. The van der Waals surface area contributed by atoms with Crippen LogP contribution in [-0.2, 0) is 6.42 Å². The SMILES string of the molecule is COc1ccc(OC)c2[nH]c(C(=O)NCCc3nnc4ccccn34)cc12. The van der Waals surface area contributed by atoms with E-state index in [1.54, 1.807) is 26.4 Å². The van der Waals surface area contributed by atoms with E-state index in [1.165, 1.54) is 0 Å². The number of aromatic nitrogens is 4. The number of nitrogens with zero attached hydrogens (tertiary/aromatic N) is 3. The smallest absolute Gasteiger partial charge is 0.267 e. The molecule has 3 heterocycles. The zero-order chi connectivity index (χ0) is 18.8. The maximum absolute atomic E-state index is 12.5. The summed E-state index contributed by atoms with van der Waals surface area (Å²) < 4.78 is 12.6. The van der Waals surface area contributed by atoms with Gasteiger partial charge in [-0.3, -0.25) is 9.20 Å². The highest BCUT2D eigenvalue weighted by Crippen LogP contribution is 2.33. The van der Waals surface area contributed by atoms with Gasteiger partial charge < -0.3 is 19.8 Å². The largest absolute Gasteiger partial charge is 0.496 e. The molecule has 0 radical (unpaired) electrons. The van der Waals surface area contributed by atoms with Crippen molar-refractivity contribution in [1.29, 1.82) is 0 Å². The van der Waals surface area contributed by atoms with Crippen molar-refractivity contribution in [2.75, 3.05) is 20.8 Å². The van der Waals surface area contributed by atoms with Crippen LogP contribution in [0.3, 0.4) is 0 Å². The molecule has 4 aromatic rings. The molecule has 0 bridgehead atoms. The van der Waals surface area contributed by atoms with Crippen molar-refractivity contribution in [3.8, 4) is 11.5 Å². The number of H-pyrrole nitrogens is 1. The topological polar surface area (TPSA) is 93.5 Å². The summed E-state index contributed by atoms with van der Waals surface area (Å²) in [6.07, 6.45) is 2.48. The average molecular weight is 365 g/mol. The fourth-order valence-corrected chi connectivity index (χ4v) is 3.08. The maximum atomic E-state index is 12.5. The Kier molecular flexibility index (Phi) is 4.37. The molecule has 1 amide bonds. The van der Waals surface area contributed by atoms with Gasteiger partial charge in [0.05, 0.1) is 19.7 Å². The fourth-order valence-electron chi connectivity index (χ4n) is 3.08. The standard InChI is InChI=1S/C19H19N5O3/c1-26-14-6-7-15(27-2)18-12(14)11-13(21-18)19(25)20-9-8-17-23-22-16-5-3-4-10-24(16)17/h3-7,10-11,21H,8-9H2,1-2H3,(H,20,25). The molecule has 3 aromatic heterocycles. The minimum absolute atomic E-state index is 0.205. The molecule has 4 rings (SSSR count). The van der Waals surface area contributed by atoms with Crippen molar-refractivity contribution in [3.63, 3.8) is 0 Å². The van der Waals surface area contributed by atoms with Crippen LogP contribution in [0.1, 0.15) is 16.3 Å². The first-order valence-electron chi connectivity index (χ1n) is 8.52. The van der Waals surface area contributed by atoms with Crippen LogP contribution in [0.5, 0.6) is 11.5 Å². The summed E-state index contributed by atoms with van der Waals surface area (Å²) in [6.45, 7) is 0.443. The first-order chi connectivity index (χ1) is 13.2. The van der Waals surface area contributed by atoms with Gasteiger partial charge in [-0.25, -0.2) is 0 Å². The van der Waals surface area contributed by atoms with Crippen molar-refractivity contribution >= 4 is 22.5 Å². The molecular formula is C19H19N5O3. The summed E-state index contributed by atoms with van der Waals surface area (Å²) in [6, 6.07) is 11.1. The number of ether oxygens (including phenoxy) is 2. The number of methoxy groups -OCH3 is 2. The maximum Gasteiger partial charge on any atom is 0.267 e. The molecule has 27 heavy (non-hydrogen) atoms. The molecule has 0 aliphatic rings. The van der Waals surface area contributed by atoms with E-state index in [0.29, 0.717) is 30.2 Å². The van der Waals surface area contributed by atoms with E-state index in [0.717, 1.165) is 22.4 Å². The predicted octanol–water partition coefficient (Wildman–Crippen LogP) is 2.20. The number of hydrogen-bond acceptors (Lipinski definition) is 5. The van der Waals surface area contributed by atoms with Crippen molar-refractivity contribution in [2.45, 2.75) is 6.42 Å². The Morgan fingerprint density at radius 1 is 1.15 bits per heavy atom. The summed E-state index contributed by atoms with van der Waals surface area (Å²) in [4.78, 5) is 15.7. The lowest BCUT2D eigenvalue weighted by Crippen LogP contribution is -2.26. The van der Waals surface area contributed by atoms with Gasteiger partial charge in [-0.15, -0.1) is 10.2 Å². The van der Waals surface area contributed by atoms with Gasteiger partial charge in [-0.05, 0) is 30.3 Å². The second-order valence-electron chi connectivity index (χ2n) is 5.99. The first-order valence-corrected chi connectivity index (χ1v) is 8.52. The number of benzene rings is 1. The van der Waals surface area contributed by atoms with Gasteiger partial charge in [0, 0.05) is 24.5 Å². The molecule has 1 aromatic carbocycles. The molecule has 0 unspecified atom stereocenters. The summed E-state index contributed by atoms with van der Waals surface area (Å²) in [5.41, 5.74) is 1.96. The molecule has 8 heteroatoms. The summed E-state index contributed by atoms with van der Waals surface area (Å²) in [5, 5.41) is 12.0. The normalized spacial score (nSPS) is 11.0. The number of carbonyl (C=O) groups is 1. The van der Waals surface area contributed by atoms with Crippen molar-refractivity contribution in [3.05, 3.63) is 54.1 Å². The minimum Gasteiger partial charge on any atom is -0.496 e. The van der Waals surface area contributed by atoms with E-state index in [1.807, 2.05) is 34.9 Å². The van der Waals surface area contributed by atoms with Gasteiger partial charge in [0.15, 0.2) is 5.65 Å². The number of fused-ring (bicyclic) bond motifs is 2. The number of carbonyl (C=O) groups excluding carboxylic acids is 1. The van der Waals surface area contributed by atoms with Crippen LogP contribution in [0.25, 0.3) is 16.6 Å². The van der Waals surface area contributed by atoms with Crippen LogP contribution in [0.15, 0.2) is 42.6 Å². The molecule has 8 nitrogen and oxygen atoms in total. The Labute approximate surface area is 155 Å². The van der Waals surface area contributed by atoms with Crippen LogP contribution in [0.4, 0.5) is 0 Å². The lowest BCUT2D eigenvalue weighted by Gasteiger charge is -2.05. The lowest BCUT2D eigenvalue weighted by molar-refractivity contribution is 0.0950. The molecule has 0 aliphatic carbocycles. The van der Waals surface area contributed by atoms with Gasteiger partial charge >= 0.3 is 0 Å². The Morgan fingerprint density at radius 2 is 1.96 bits per heavy atom. The second-order valence-corrected chi connectivity index (χ2v) is 5.99. The number of pyridine rings is 1. The molecular weight excluding hydrogens is 346 g/mol. The minimum atomic E-state index is -0.205. The Morgan fingerprint density at radius 3 is 2.78 bits per heavy atom. The Bertz CT molecular complexity index is 1070. The van der Waals surface area contributed by atoms with Crippen molar-refractivity contribution in [2.24, 2.45) is 0 Å². The van der Waals surface area contributed by atoms with Gasteiger partial charge in [0.25, 0.3) is 5.91 Å². The van der Waals surface area contributed by atoms with Crippen LogP contribution in [0.2, 0.25) is 0 Å². The van der Waals surface area contributed by atoms with E-state index in [-0.39, 0.29) is 5.91 Å². The summed E-state index contributed by atoms with van der Waals surface area (Å²) in [5.74, 6) is 1.92. The van der Waals surface area contributed by atoms with Crippen molar-refractivity contribution in [1.82, 2.24) is 24.9 Å². The van der Waals surface area contributed by atoms with Crippen LogP contribution < -0.4 is 14.8 Å². The number of amides is 1. The zero-order valence-electron chi connectivity index (χ0n) is 15.0. The van der Waals surface area contributed by atoms with Crippen LogP contribution in [0, 0.1) is 0 Å². The first kappa shape index (κ1) is 16.9. The molecule has 2 N–H and O–H groups in total.